The minimum Gasteiger partial charge on any atom is -0.482 e. The van der Waals surface area contributed by atoms with Crippen molar-refractivity contribution in [1.29, 1.82) is 0 Å². The fourth-order valence-electron chi connectivity index (χ4n) is 4.60. The SMILES string of the molecule is CC(Oc1cc(-c2cnn(C3CCOCC34CNC4)c2)cnc1N)c1c(Cl)ccc(F)c1Cl. The van der Waals surface area contributed by atoms with Gasteiger partial charge in [0.25, 0.3) is 0 Å². The first-order valence-electron chi connectivity index (χ1n) is 10.8. The first kappa shape index (κ1) is 22.4. The van der Waals surface area contributed by atoms with Gasteiger partial charge in [0.2, 0.25) is 0 Å². The van der Waals surface area contributed by atoms with E-state index < -0.39 is 11.9 Å². The lowest BCUT2D eigenvalue weighted by Gasteiger charge is -2.50. The molecule has 2 unspecified atom stereocenters. The predicted octanol–water partition coefficient (Wildman–Crippen LogP) is 4.66. The van der Waals surface area contributed by atoms with Gasteiger partial charge in [-0.2, -0.15) is 5.10 Å². The number of pyridine rings is 1. The van der Waals surface area contributed by atoms with Gasteiger partial charge >= 0.3 is 0 Å². The fraction of sp³-hybridized carbons (Fsp3) is 0.391. The molecule has 0 bridgehead atoms. The highest BCUT2D eigenvalue weighted by Crippen LogP contribution is 2.42. The largest absolute Gasteiger partial charge is 0.482 e. The van der Waals surface area contributed by atoms with Gasteiger partial charge < -0.3 is 20.5 Å². The maximum atomic E-state index is 14.0. The van der Waals surface area contributed by atoms with Crippen molar-refractivity contribution < 1.29 is 13.9 Å². The molecule has 1 spiro atoms. The average molecular weight is 492 g/mol. The van der Waals surface area contributed by atoms with Crippen LogP contribution in [0.5, 0.6) is 5.75 Å². The molecular formula is C23H24Cl2FN5O2. The highest BCUT2D eigenvalue weighted by molar-refractivity contribution is 6.36. The molecule has 3 N–H and O–H groups in total. The monoisotopic (exact) mass is 491 g/mol. The summed E-state index contributed by atoms with van der Waals surface area (Å²) in [5.74, 6) is 0.00626. The van der Waals surface area contributed by atoms with Gasteiger partial charge in [0.05, 0.1) is 23.9 Å². The molecule has 2 aromatic heterocycles. The summed E-state index contributed by atoms with van der Waals surface area (Å²) in [7, 11) is 0. The summed E-state index contributed by atoms with van der Waals surface area (Å²) >= 11 is 12.4. The van der Waals surface area contributed by atoms with Crippen LogP contribution in [0.4, 0.5) is 10.2 Å². The molecular weight excluding hydrogens is 468 g/mol. The molecule has 2 aliphatic rings. The summed E-state index contributed by atoms with van der Waals surface area (Å²) in [6.07, 6.45) is 5.80. The molecule has 2 fully saturated rings. The van der Waals surface area contributed by atoms with Crippen molar-refractivity contribution in [3.8, 4) is 16.9 Å². The number of hydrogen-bond acceptors (Lipinski definition) is 6. The van der Waals surface area contributed by atoms with E-state index >= 15 is 0 Å². The number of rotatable bonds is 5. The molecule has 10 heteroatoms. The van der Waals surface area contributed by atoms with Crippen LogP contribution in [0.1, 0.15) is 31.1 Å². The lowest BCUT2D eigenvalue weighted by molar-refractivity contribution is -0.0778. The number of nitrogen functional groups attached to an aromatic ring is 1. The second-order valence-corrected chi connectivity index (χ2v) is 9.44. The highest BCUT2D eigenvalue weighted by Gasteiger charge is 2.47. The number of halogens is 3. The lowest BCUT2D eigenvalue weighted by atomic mass is 9.73. The maximum Gasteiger partial charge on any atom is 0.166 e. The number of benzene rings is 1. The molecule has 4 heterocycles. The Hall–Kier alpha value is -2.39. The number of nitrogens with zero attached hydrogens (tertiary/aromatic N) is 3. The first-order chi connectivity index (χ1) is 15.9. The van der Waals surface area contributed by atoms with E-state index in [9.17, 15) is 4.39 Å². The summed E-state index contributed by atoms with van der Waals surface area (Å²) in [4.78, 5) is 4.29. The minimum absolute atomic E-state index is 0.0742. The Labute approximate surface area is 201 Å². The minimum atomic E-state index is -0.643. The first-order valence-corrected chi connectivity index (χ1v) is 11.5. The van der Waals surface area contributed by atoms with E-state index in [-0.39, 0.29) is 22.3 Å². The quantitative estimate of drug-likeness (QED) is 0.504. The van der Waals surface area contributed by atoms with Crippen LogP contribution in [0, 0.1) is 11.2 Å². The van der Waals surface area contributed by atoms with Crippen molar-refractivity contribution in [2.45, 2.75) is 25.5 Å². The topological polar surface area (TPSA) is 87.2 Å². The number of nitrogens with two attached hydrogens (primary N) is 1. The van der Waals surface area contributed by atoms with Crippen molar-refractivity contribution in [3.63, 3.8) is 0 Å². The van der Waals surface area contributed by atoms with Gasteiger partial charge in [-0.15, -0.1) is 0 Å². The Morgan fingerprint density at radius 3 is 2.88 bits per heavy atom. The van der Waals surface area contributed by atoms with Crippen molar-refractivity contribution in [3.05, 3.63) is 58.2 Å². The van der Waals surface area contributed by atoms with Gasteiger partial charge in [0.1, 0.15) is 11.9 Å². The van der Waals surface area contributed by atoms with Gasteiger partial charge in [-0.05, 0) is 31.5 Å². The van der Waals surface area contributed by atoms with Gasteiger partial charge in [-0.3, -0.25) is 4.68 Å². The van der Waals surface area contributed by atoms with Crippen LogP contribution >= 0.6 is 23.2 Å². The summed E-state index contributed by atoms with van der Waals surface area (Å²) in [5.41, 5.74) is 8.22. The van der Waals surface area contributed by atoms with E-state index in [0.29, 0.717) is 16.3 Å². The molecule has 174 valence electrons. The zero-order valence-corrected chi connectivity index (χ0v) is 19.5. The van der Waals surface area contributed by atoms with Crippen molar-refractivity contribution in [1.82, 2.24) is 20.1 Å². The Balaban J connectivity index is 1.40. The third-order valence-corrected chi connectivity index (χ3v) is 7.23. The van der Waals surface area contributed by atoms with E-state index in [1.807, 2.05) is 17.1 Å². The third kappa shape index (κ3) is 4.05. The molecule has 2 atom stereocenters. The number of nitrogens with one attached hydrogen (secondary N) is 1. The molecule has 33 heavy (non-hydrogen) atoms. The highest BCUT2D eigenvalue weighted by atomic mass is 35.5. The van der Waals surface area contributed by atoms with Crippen LogP contribution < -0.4 is 15.8 Å². The maximum absolute atomic E-state index is 14.0. The van der Waals surface area contributed by atoms with E-state index in [0.717, 1.165) is 43.9 Å². The molecule has 5 rings (SSSR count). The van der Waals surface area contributed by atoms with E-state index in [1.165, 1.54) is 12.1 Å². The van der Waals surface area contributed by atoms with Crippen molar-refractivity contribution in [2.75, 3.05) is 32.0 Å². The summed E-state index contributed by atoms with van der Waals surface area (Å²) in [5, 5.41) is 8.25. The number of anilines is 1. The van der Waals surface area contributed by atoms with Crippen LogP contribution in [0.3, 0.4) is 0 Å². The second-order valence-electron chi connectivity index (χ2n) is 8.66. The number of aromatic nitrogens is 3. The Kier molecular flexibility index (Phi) is 5.95. The van der Waals surface area contributed by atoms with E-state index in [2.05, 4.69) is 15.4 Å². The van der Waals surface area contributed by atoms with Crippen LogP contribution in [-0.4, -0.2) is 41.1 Å². The molecule has 2 aliphatic heterocycles. The zero-order valence-electron chi connectivity index (χ0n) is 18.0. The predicted molar refractivity (Wildman–Crippen MR) is 125 cm³/mol. The van der Waals surface area contributed by atoms with Gasteiger partial charge in [-0.1, -0.05) is 23.2 Å². The normalized spacial score (nSPS) is 20.4. The Bertz CT molecular complexity index is 1180. The van der Waals surface area contributed by atoms with Crippen LogP contribution in [-0.2, 0) is 4.74 Å². The van der Waals surface area contributed by atoms with Crippen LogP contribution in [0.25, 0.3) is 11.1 Å². The molecule has 7 nitrogen and oxygen atoms in total. The zero-order chi connectivity index (χ0) is 23.2. The van der Waals surface area contributed by atoms with Crippen LogP contribution in [0.15, 0.2) is 36.8 Å². The average Bonchev–Trinajstić information content (AvgIpc) is 3.27. The summed E-state index contributed by atoms with van der Waals surface area (Å²) in [6.45, 7) is 5.05. The molecule has 1 aromatic carbocycles. The lowest BCUT2D eigenvalue weighted by Crippen LogP contribution is -2.62. The summed E-state index contributed by atoms with van der Waals surface area (Å²) < 4.78 is 27.7. The molecule has 0 aliphatic carbocycles. The van der Waals surface area contributed by atoms with Gasteiger partial charge in [0, 0.05) is 59.2 Å². The van der Waals surface area contributed by atoms with E-state index in [4.69, 9.17) is 38.4 Å². The van der Waals surface area contributed by atoms with E-state index in [1.54, 1.807) is 19.2 Å². The molecule has 2 saturated heterocycles. The Morgan fingerprint density at radius 1 is 1.30 bits per heavy atom. The molecule has 0 amide bonds. The molecule has 0 saturated carbocycles. The van der Waals surface area contributed by atoms with Gasteiger partial charge in [-0.25, -0.2) is 9.37 Å². The third-order valence-electron chi connectivity index (χ3n) is 6.51. The van der Waals surface area contributed by atoms with Crippen LogP contribution in [0.2, 0.25) is 10.0 Å². The van der Waals surface area contributed by atoms with Crippen molar-refractivity contribution >= 4 is 29.0 Å². The molecule has 3 aromatic rings. The van der Waals surface area contributed by atoms with Crippen molar-refractivity contribution in [2.24, 2.45) is 5.41 Å². The number of ether oxygens (including phenoxy) is 2. The fourth-order valence-corrected chi connectivity index (χ4v) is 5.28. The summed E-state index contributed by atoms with van der Waals surface area (Å²) in [6, 6.07) is 4.74. The molecule has 0 radical (unpaired) electrons. The smallest absolute Gasteiger partial charge is 0.166 e. The number of hydrogen-bond donors (Lipinski definition) is 2. The van der Waals surface area contributed by atoms with Gasteiger partial charge in [0.15, 0.2) is 11.6 Å². The Morgan fingerprint density at radius 2 is 2.12 bits per heavy atom. The second kappa shape index (κ2) is 8.76. The standard InChI is InChI=1S/C23H24Cl2FN5O2/c1-13(20-16(24)2-3-17(26)21(20)25)33-18-6-14(7-29-22(18)27)15-8-30-31(9-15)19-4-5-32-12-23(19)10-28-11-23/h2-3,6-9,13,19,28H,4-5,10-12H2,1H3,(H2,27,29).